The highest BCUT2D eigenvalue weighted by Gasteiger charge is 2.14. The molecule has 0 saturated carbocycles. The van der Waals surface area contributed by atoms with Crippen LogP contribution in [0.1, 0.15) is 10.5 Å². The quantitative estimate of drug-likeness (QED) is 0.778. The lowest BCUT2D eigenvalue weighted by Crippen LogP contribution is -2.02. The van der Waals surface area contributed by atoms with Gasteiger partial charge in [0.15, 0.2) is 16.6 Å². The van der Waals surface area contributed by atoms with Gasteiger partial charge in [0.2, 0.25) is 0 Å². The number of methoxy groups -OCH3 is 1. The molecule has 0 bridgehead atoms. The third-order valence-electron chi connectivity index (χ3n) is 1.32. The second-order valence-electron chi connectivity index (χ2n) is 2.12. The monoisotopic (exact) mass is 221 g/mol. The normalized spacial score (nSPS) is 9.77. The molecule has 0 aliphatic heterocycles. The van der Waals surface area contributed by atoms with Crippen LogP contribution in [0, 0.1) is 0 Å². The molecule has 4 nitrogen and oxygen atoms in total. The second kappa shape index (κ2) is 3.81. The van der Waals surface area contributed by atoms with Crippen molar-refractivity contribution in [2.75, 3.05) is 7.11 Å². The number of carbonyl (C=O) groups is 1. The van der Waals surface area contributed by atoms with Gasteiger partial charge in [-0.15, -0.1) is 0 Å². The summed E-state index contributed by atoms with van der Waals surface area (Å²) in [5.41, 5.74) is -0.285. The zero-order chi connectivity index (χ0) is 10.0. The number of pyridine rings is 1. The zero-order valence-corrected chi connectivity index (χ0v) is 8.06. The molecule has 0 spiro atoms. The van der Waals surface area contributed by atoms with Crippen molar-refractivity contribution in [3.63, 3.8) is 0 Å². The summed E-state index contributed by atoms with van der Waals surface area (Å²) in [7, 11) is 1.39. The van der Waals surface area contributed by atoms with Crippen LogP contribution in [0.25, 0.3) is 0 Å². The SMILES string of the molecule is COc1cc(Cl)c(C(=O)O)nc1Cl. The molecule has 1 aromatic heterocycles. The van der Waals surface area contributed by atoms with Gasteiger partial charge in [0.25, 0.3) is 0 Å². The molecular formula is C7H5Cl2NO3. The Morgan fingerprint density at radius 1 is 1.62 bits per heavy atom. The van der Waals surface area contributed by atoms with Crippen LogP contribution in [0.3, 0.4) is 0 Å². The molecule has 0 atom stereocenters. The highest BCUT2D eigenvalue weighted by atomic mass is 35.5. The van der Waals surface area contributed by atoms with Crippen molar-refractivity contribution < 1.29 is 14.6 Å². The fourth-order valence-corrected chi connectivity index (χ4v) is 1.18. The van der Waals surface area contributed by atoms with Crippen molar-refractivity contribution in [3.8, 4) is 5.75 Å². The topological polar surface area (TPSA) is 59.4 Å². The maximum Gasteiger partial charge on any atom is 0.356 e. The van der Waals surface area contributed by atoms with Crippen LogP contribution in [0.2, 0.25) is 10.2 Å². The predicted molar refractivity (Wildman–Crippen MR) is 47.8 cm³/mol. The van der Waals surface area contributed by atoms with Crippen LogP contribution in [0.5, 0.6) is 5.75 Å². The number of aromatic nitrogens is 1. The van der Waals surface area contributed by atoms with E-state index >= 15 is 0 Å². The molecule has 0 unspecified atom stereocenters. The fraction of sp³-hybridized carbons (Fsp3) is 0.143. The van der Waals surface area contributed by atoms with Crippen LogP contribution < -0.4 is 4.74 Å². The molecule has 1 N–H and O–H groups in total. The summed E-state index contributed by atoms with van der Waals surface area (Å²) in [6.45, 7) is 0. The van der Waals surface area contributed by atoms with Crippen LogP contribution in [0.4, 0.5) is 0 Å². The lowest BCUT2D eigenvalue weighted by atomic mass is 10.3. The molecule has 1 rings (SSSR count). The van der Waals surface area contributed by atoms with E-state index in [4.69, 9.17) is 33.0 Å². The van der Waals surface area contributed by atoms with E-state index in [9.17, 15) is 4.79 Å². The van der Waals surface area contributed by atoms with E-state index in [1.165, 1.54) is 13.2 Å². The minimum absolute atomic E-state index is 0.00579. The number of hydrogen-bond donors (Lipinski definition) is 1. The molecule has 0 aliphatic rings. The predicted octanol–water partition coefficient (Wildman–Crippen LogP) is 2.10. The zero-order valence-electron chi connectivity index (χ0n) is 6.54. The summed E-state index contributed by atoms with van der Waals surface area (Å²) in [4.78, 5) is 14.1. The molecular weight excluding hydrogens is 217 g/mol. The Labute approximate surface area is 84.1 Å². The van der Waals surface area contributed by atoms with Gasteiger partial charge in [0, 0.05) is 6.07 Å². The largest absolute Gasteiger partial charge is 0.493 e. The van der Waals surface area contributed by atoms with Crippen molar-refractivity contribution in [2.24, 2.45) is 0 Å². The molecule has 70 valence electrons. The van der Waals surface area contributed by atoms with E-state index in [0.717, 1.165) is 0 Å². The minimum atomic E-state index is -1.23. The molecule has 0 aliphatic carbocycles. The average molecular weight is 222 g/mol. The number of carboxylic acids is 1. The van der Waals surface area contributed by atoms with Crippen LogP contribution in [-0.2, 0) is 0 Å². The van der Waals surface area contributed by atoms with Crippen LogP contribution in [0.15, 0.2) is 6.07 Å². The molecule has 0 aromatic carbocycles. The van der Waals surface area contributed by atoms with Gasteiger partial charge in [0.05, 0.1) is 12.1 Å². The van der Waals surface area contributed by atoms with Crippen molar-refractivity contribution in [2.45, 2.75) is 0 Å². The smallest absolute Gasteiger partial charge is 0.356 e. The van der Waals surface area contributed by atoms with Gasteiger partial charge in [-0.1, -0.05) is 23.2 Å². The summed E-state index contributed by atoms with van der Waals surface area (Å²) in [6, 6.07) is 1.31. The van der Waals surface area contributed by atoms with Gasteiger partial charge in [-0.3, -0.25) is 0 Å². The number of carboxylic acid groups (broad SMARTS) is 1. The summed E-state index contributed by atoms with van der Waals surface area (Å²) >= 11 is 11.2. The fourth-order valence-electron chi connectivity index (χ4n) is 0.743. The van der Waals surface area contributed by atoms with Gasteiger partial charge in [0.1, 0.15) is 0 Å². The number of nitrogens with zero attached hydrogens (tertiary/aromatic N) is 1. The number of halogens is 2. The van der Waals surface area contributed by atoms with Gasteiger partial charge >= 0.3 is 5.97 Å². The number of ether oxygens (including phenoxy) is 1. The Kier molecular flexibility index (Phi) is 2.95. The average Bonchev–Trinajstić information content (AvgIpc) is 2.07. The molecule has 0 fully saturated rings. The molecule has 0 amide bonds. The molecule has 1 heterocycles. The van der Waals surface area contributed by atoms with Crippen molar-refractivity contribution >= 4 is 29.2 Å². The van der Waals surface area contributed by atoms with Crippen molar-refractivity contribution in [1.82, 2.24) is 4.98 Å². The lowest BCUT2D eigenvalue weighted by molar-refractivity contribution is 0.0690. The highest BCUT2D eigenvalue weighted by Crippen LogP contribution is 2.27. The first-order valence-electron chi connectivity index (χ1n) is 3.19. The number of rotatable bonds is 2. The maximum absolute atomic E-state index is 10.5. The molecule has 6 heteroatoms. The Hall–Kier alpha value is -1.00. The lowest BCUT2D eigenvalue weighted by Gasteiger charge is -2.04. The number of aromatic carboxylic acids is 1. The van der Waals surface area contributed by atoms with Crippen molar-refractivity contribution in [1.29, 1.82) is 0 Å². The summed E-state index contributed by atoms with van der Waals surface area (Å²) in [5.74, 6) is -0.980. The van der Waals surface area contributed by atoms with E-state index in [-0.39, 0.29) is 21.6 Å². The Morgan fingerprint density at radius 2 is 2.23 bits per heavy atom. The van der Waals surface area contributed by atoms with Gasteiger partial charge < -0.3 is 9.84 Å². The molecule has 1 aromatic rings. The first kappa shape index (κ1) is 10.1. The summed E-state index contributed by atoms with van der Waals surface area (Å²) < 4.78 is 4.79. The Balaban J connectivity index is 3.28. The third kappa shape index (κ3) is 2.02. The van der Waals surface area contributed by atoms with E-state index < -0.39 is 5.97 Å². The third-order valence-corrected chi connectivity index (χ3v) is 1.88. The van der Waals surface area contributed by atoms with Gasteiger partial charge in [-0.05, 0) is 0 Å². The second-order valence-corrected chi connectivity index (χ2v) is 2.88. The molecule has 0 saturated heterocycles. The highest BCUT2D eigenvalue weighted by molar-refractivity contribution is 6.35. The van der Waals surface area contributed by atoms with Crippen molar-refractivity contribution in [3.05, 3.63) is 21.9 Å². The van der Waals surface area contributed by atoms with E-state index in [2.05, 4.69) is 4.98 Å². The van der Waals surface area contributed by atoms with E-state index in [1.807, 2.05) is 0 Å². The van der Waals surface area contributed by atoms with Crippen LogP contribution >= 0.6 is 23.2 Å². The Morgan fingerprint density at radius 3 is 2.69 bits per heavy atom. The maximum atomic E-state index is 10.5. The molecule has 13 heavy (non-hydrogen) atoms. The van der Waals surface area contributed by atoms with E-state index in [1.54, 1.807) is 0 Å². The van der Waals surface area contributed by atoms with Crippen LogP contribution in [-0.4, -0.2) is 23.2 Å². The minimum Gasteiger partial charge on any atom is -0.493 e. The van der Waals surface area contributed by atoms with Gasteiger partial charge in [-0.25, -0.2) is 9.78 Å². The van der Waals surface area contributed by atoms with E-state index in [0.29, 0.717) is 0 Å². The molecule has 0 radical (unpaired) electrons. The Bertz CT molecular complexity index is 354. The summed E-state index contributed by atoms with van der Waals surface area (Å²) in [6.07, 6.45) is 0. The summed E-state index contributed by atoms with van der Waals surface area (Å²) in [5, 5.41) is 8.58. The van der Waals surface area contributed by atoms with Gasteiger partial charge in [-0.2, -0.15) is 0 Å². The standard InChI is InChI=1S/C7H5Cl2NO3/c1-13-4-2-3(8)5(7(11)12)10-6(4)9/h2H,1H3,(H,11,12). The number of hydrogen-bond acceptors (Lipinski definition) is 3. The first-order valence-corrected chi connectivity index (χ1v) is 3.95. The first-order chi connectivity index (χ1) is 6.06.